The van der Waals surface area contributed by atoms with E-state index in [-0.39, 0.29) is 10.2 Å². The van der Waals surface area contributed by atoms with Gasteiger partial charge in [0.25, 0.3) is 16.4 Å². The molecule has 1 aromatic rings. The second-order valence-corrected chi connectivity index (χ2v) is 5.04. The van der Waals surface area contributed by atoms with Gasteiger partial charge in [-0.05, 0) is 22.0 Å². The van der Waals surface area contributed by atoms with Gasteiger partial charge in [0.1, 0.15) is 11.4 Å². The second kappa shape index (κ2) is 4.60. The summed E-state index contributed by atoms with van der Waals surface area (Å²) in [7, 11) is -2.99. The normalized spacial score (nSPS) is 11.9. The van der Waals surface area contributed by atoms with Crippen molar-refractivity contribution in [3.05, 3.63) is 16.2 Å². The lowest BCUT2D eigenvalue weighted by Gasteiger charge is -2.09. The van der Waals surface area contributed by atoms with Crippen LogP contribution in [0.4, 0.5) is 8.78 Å². The van der Waals surface area contributed by atoms with Crippen molar-refractivity contribution >= 4 is 26.0 Å². The first-order valence-electron chi connectivity index (χ1n) is 3.82. The fourth-order valence-electron chi connectivity index (χ4n) is 0.988. The molecule has 9 heteroatoms. The Morgan fingerprint density at radius 3 is 2.50 bits per heavy atom. The number of alkyl halides is 2. The van der Waals surface area contributed by atoms with Gasteiger partial charge in [-0.2, -0.15) is 0 Å². The van der Waals surface area contributed by atoms with Gasteiger partial charge in [0.05, 0.1) is 11.6 Å². The summed E-state index contributed by atoms with van der Waals surface area (Å²) < 4.78 is 51.7. The van der Waals surface area contributed by atoms with Gasteiger partial charge in [0.15, 0.2) is 5.03 Å². The first kappa shape index (κ1) is 13.3. The number of halogens is 3. The standard InChI is InChI=1S/C7H7BrF2N2O3S/c1-15-4-2-3(8)7(16(11,13)14)12-5(4)6(9)10/h2,6H,1H3,(H2,11,13,14). The van der Waals surface area contributed by atoms with E-state index in [0.29, 0.717) is 0 Å². The Morgan fingerprint density at radius 1 is 1.56 bits per heavy atom. The van der Waals surface area contributed by atoms with E-state index in [0.717, 1.165) is 6.07 Å². The smallest absolute Gasteiger partial charge is 0.284 e. The molecule has 16 heavy (non-hydrogen) atoms. The summed E-state index contributed by atoms with van der Waals surface area (Å²) in [6.07, 6.45) is -2.96. The Labute approximate surface area is 98.8 Å². The van der Waals surface area contributed by atoms with Crippen molar-refractivity contribution in [3.8, 4) is 5.75 Å². The van der Waals surface area contributed by atoms with E-state index in [2.05, 4.69) is 25.7 Å². The van der Waals surface area contributed by atoms with Crippen LogP contribution in [0.15, 0.2) is 15.6 Å². The molecule has 0 bridgehead atoms. The third-order valence-electron chi connectivity index (χ3n) is 1.63. The van der Waals surface area contributed by atoms with Gasteiger partial charge < -0.3 is 4.74 Å². The van der Waals surface area contributed by atoms with Crippen molar-refractivity contribution < 1.29 is 21.9 Å². The molecule has 0 atom stereocenters. The number of methoxy groups -OCH3 is 1. The lowest BCUT2D eigenvalue weighted by Crippen LogP contribution is -2.16. The van der Waals surface area contributed by atoms with Gasteiger partial charge in [-0.25, -0.2) is 27.3 Å². The van der Waals surface area contributed by atoms with Gasteiger partial charge in [0.2, 0.25) is 0 Å². The van der Waals surface area contributed by atoms with Crippen molar-refractivity contribution in [2.75, 3.05) is 7.11 Å². The molecule has 1 aromatic heterocycles. The summed E-state index contributed by atoms with van der Waals surface area (Å²) in [5.74, 6) is -0.214. The van der Waals surface area contributed by atoms with Gasteiger partial charge in [-0.1, -0.05) is 0 Å². The fraction of sp³-hybridized carbons (Fsp3) is 0.286. The van der Waals surface area contributed by atoms with Gasteiger partial charge in [-0.3, -0.25) is 0 Å². The number of rotatable bonds is 3. The number of hydrogen-bond donors (Lipinski definition) is 1. The van der Waals surface area contributed by atoms with Gasteiger partial charge in [-0.15, -0.1) is 0 Å². The van der Waals surface area contributed by atoms with Crippen LogP contribution >= 0.6 is 15.9 Å². The first-order chi connectivity index (χ1) is 7.27. The summed E-state index contributed by atoms with van der Waals surface area (Å²) in [6.45, 7) is 0. The van der Waals surface area contributed by atoms with Crippen molar-refractivity contribution in [3.63, 3.8) is 0 Å². The van der Waals surface area contributed by atoms with E-state index >= 15 is 0 Å². The molecule has 0 aliphatic carbocycles. The van der Waals surface area contributed by atoms with Crippen LogP contribution in [-0.2, 0) is 10.0 Å². The lowest BCUT2D eigenvalue weighted by atomic mass is 10.3. The Kier molecular flexibility index (Phi) is 3.81. The van der Waals surface area contributed by atoms with E-state index in [1.165, 1.54) is 7.11 Å². The fourth-order valence-corrected chi connectivity index (χ4v) is 2.52. The molecule has 0 aliphatic heterocycles. The molecular formula is C7H7BrF2N2O3S. The quantitative estimate of drug-likeness (QED) is 0.914. The summed E-state index contributed by atoms with van der Waals surface area (Å²) >= 11 is 2.86. The average molecular weight is 317 g/mol. The number of nitrogens with two attached hydrogens (primary N) is 1. The highest BCUT2D eigenvalue weighted by molar-refractivity contribution is 9.10. The number of hydrogen-bond acceptors (Lipinski definition) is 4. The molecular weight excluding hydrogens is 310 g/mol. The Morgan fingerprint density at radius 2 is 2.12 bits per heavy atom. The number of sulfonamides is 1. The zero-order valence-electron chi connectivity index (χ0n) is 7.95. The zero-order chi connectivity index (χ0) is 12.5. The summed E-state index contributed by atoms with van der Waals surface area (Å²) in [5, 5.41) is 4.16. The largest absolute Gasteiger partial charge is 0.495 e. The van der Waals surface area contributed by atoms with Crippen LogP contribution in [0.5, 0.6) is 5.75 Å². The second-order valence-electron chi connectivity index (χ2n) is 2.71. The number of pyridine rings is 1. The van der Waals surface area contributed by atoms with Crippen LogP contribution < -0.4 is 9.88 Å². The molecule has 0 saturated heterocycles. The maximum atomic E-state index is 12.5. The van der Waals surface area contributed by atoms with Crippen LogP contribution in [0.3, 0.4) is 0 Å². The summed E-state index contributed by atoms with van der Waals surface area (Å²) in [4.78, 5) is 3.28. The highest BCUT2D eigenvalue weighted by Crippen LogP contribution is 2.32. The Balaban J connectivity index is 3.52. The molecule has 90 valence electrons. The van der Waals surface area contributed by atoms with Crippen LogP contribution in [0.1, 0.15) is 12.1 Å². The van der Waals surface area contributed by atoms with E-state index in [1.54, 1.807) is 0 Å². The molecule has 0 amide bonds. The molecule has 5 nitrogen and oxygen atoms in total. The first-order valence-corrected chi connectivity index (χ1v) is 6.16. The monoisotopic (exact) mass is 316 g/mol. The van der Waals surface area contributed by atoms with E-state index < -0.39 is 27.2 Å². The topological polar surface area (TPSA) is 82.3 Å². The molecule has 0 aliphatic rings. The molecule has 0 aromatic carbocycles. The van der Waals surface area contributed by atoms with E-state index in [1.807, 2.05) is 0 Å². The summed E-state index contributed by atoms with van der Waals surface area (Å²) in [5.41, 5.74) is -0.769. The molecule has 1 rings (SSSR count). The zero-order valence-corrected chi connectivity index (χ0v) is 10.3. The molecule has 1 heterocycles. The molecule has 2 N–H and O–H groups in total. The Hall–Kier alpha value is -0.800. The molecule has 0 unspecified atom stereocenters. The average Bonchev–Trinajstić information content (AvgIpc) is 2.14. The number of aromatic nitrogens is 1. The van der Waals surface area contributed by atoms with Crippen molar-refractivity contribution in [2.24, 2.45) is 5.14 Å². The number of primary sulfonamides is 1. The molecule has 0 fully saturated rings. The van der Waals surface area contributed by atoms with Crippen LogP contribution in [0, 0.1) is 0 Å². The van der Waals surface area contributed by atoms with Crippen LogP contribution in [0.2, 0.25) is 0 Å². The third kappa shape index (κ3) is 2.66. The maximum absolute atomic E-state index is 12.5. The lowest BCUT2D eigenvalue weighted by molar-refractivity contribution is 0.140. The molecule has 0 saturated carbocycles. The van der Waals surface area contributed by atoms with Gasteiger partial charge in [0, 0.05) is 0 Å². The predicted octanol–water partition coefficient (Wildman–Crippen LogP) is 1.44. The summed E-state index contributed by atoms with van der Waals surface area (Å²) in [6, 6.07) is 1.08. The van der Waals surface area contributed by atoms with Crippen molar-refractivity contribution in [1.29, 1.82) is 0 Å². The third-order valence-corrected chi connectivity index (χ3v) is 3.35. The van der Waals surface area contributed by atoms with E-state index in [4.69, 9.17) is 5.14 Å². The number of ether oxygens (including phenoxy) is 1. The maximum Gasteiger partial charge on any atom is 0.284 e. The number of nitrogens with zero attached hydrogens (tertiary/aromatic N) is 1. The van der Waals surface area contributed by atoms with Gasteiger partial charge >= 0.3 is 0 Å². The minimum absolute atomic E-state index is 0.0312. The minimum Gasteiger partial charge on any atom is -0.495 e. The van der Waals surface area contributed by atoms with Crippen LogP contribution in [0.25, 0.3) is 0 Å². The molecule has 0 radical (unpaired) electrons. The minimum atomic E-state index is -4.16. The van der Waals surface area contributed by atoms with E-state index in [9.17, 15) is 17.2 Å². The molecule has 0 spiro atoms. The SMILES string of the molecule is COc1cc(Br)c(S(N)(=O)=O)nc1C(F)F. The highest BCUT2D eigenvalue weighted by atomic mass is 79.9. The van der Waals surface area contributed by atoms with Crippen molar-refractivity contribution in [1.82, 2.24) is 4.98 Å². The van der Waals surface area contributed by atoms with Crippen LogP contribution in [-0.4, -0.2) is 20.5 Å². The Bertz CT molecular complexity index is 507. The predicted molar refractivity (Wildman–Crippen MR) is 54.8 cm³/mol. The highest BCUT2D eigenvalue weighted by Gasteiger charge is 2.23. The van der Waals surface area contributed by atoms with Crippen molar-refractivity contribution in [2.45, 2.75) is 11.5 Å².